The van der Waals surface area contributed by atoms with E-state index in [9.17, 15) is 4.39 Å². The number of rotatable bonds is 4. The molecule has 0 saturated heterocycles. The largest absolute Gasteiger partial charge is 0.309 e. The highest BCUT2D eigenvalue weighted by Gasteiger charge is 1.98. The molecule has 82 valence electrons. The van der Waals surface area contributed by atoms with Gasteiger partial charge in [0.2, 0.25) is 0 Å². The highest BCUT2D eigenvalue weighted by atomic mass is 19.1. The summed E-state index contributed by atoms with van der Waals surface area (Å²) in [6.45, 7) is 7.73. The molecule has 0 atom stereocenters. The normalized spacial score (nSPS) is 10.1. The van der Waals surface area contributed by atoms with Crippen LogP contribution in [0.25, 0.3) is 0 Å². The van der Waals surface area contributed by atoms with Crippen LogP contribution < -0.4 is 5.32 Å². The van der Waals surface area contributed by atoms with Gasteiger partial charge in [-0.05, 0) is 44.0 Å². The van der Waals surface area contributed by atoms with Crippen molar-refractivity contribution in [3.63, 3.8) is 0 Å². The van der Waals surface area contributed by atoms with E-state index in [0.29, 0.717) is 0 Å². The van der Waals surface area contributed by atoms with Gasteiger partial charge in [0.1, 0.15) is 5.82 Å². The molecule has 1 nitrogen and oxygen atoms in total. The van der Waals surface area contributed by atoms with Crippen LogP contribution >= 0.6 is 0 Å². The first-order valence-electron chi connectivity index (χ1n) is 5.18. The van der Waals surface area contributed by atoms with Gasteiger partial charge in [0.05, 0.1) is 0 Å². The van der Waals surface area contributed by atoms with E-state index in [4.69, 9.17) is 0 Å². The lowest BCUT2D eigenvalue weighted by molar-refractivity contribution is 0.624. The summed E-state index contributed by atoms with van der Waals surface area (Å²) >= 11 is 0. The zero-order valence-electron chi connectivity index (χ0n) is 9.60. The first-order valence-corrected chi connectivity index (χ1v) is 5.18. The summed E-state index contributed by atoms with van der Waals surface area (Å²) in [5, 5.41) is 3.29. The van der Waals surface area contributed by atoms with E-state index in [1.807, 2.05) is 13.0 Å². The molecule has 0 spiro atoms. The Kier molecular flexibility index (Phi) is 4.50. The molecule has 0 unspecified atom stereocenters. The third-order valence-electron chi connectivity index (χ3n) is 2.27. The van der Waals surface area contributed by atoms with E-state index >= 15 is 0 Å². The van der Waals surface area contributed by atoms with Gasteiger partial charge in [0, 0.05) is 13.1 Å². The van der Waals surface area contributed by atoms with Crippen LogP contribution in [-0.4, -0.2) is 6.54 Å². The molecule has 0 radical (unpaired) electrons. The number of allylic oxidation sites excluding steroid dienone is 1. The number of aryl methyl sites for hydroxylation is 1. The smallest absolute Gasteiger partial charge is 0.123 e. The van der Waals surface area contributed by atoms with Crippen LogP contribution in [0.4, 0.5) is 4.39 Å². The van der Waals surface area contributed by atoms with Gasteiger partial charge in [-0.1, -0.05) is 17.7 Å². The van der Waals surface area contributed by atoms with Crippen molar-refractivity contribution in [1.29, 1.82) is 0 Å². The predicted molar refractivity (Wildman–Crippen MR) is 62.3 cm³/mol. The Hall–Kier alpha value is -1.15. The molecule has 0 fully saturated rings. The fourth-order valence-corrected chi connectivity index (χ4v) is 1.34. The molecule has 15 heavy (non-hydrogen) atoms. The molecular weight excluding hydrogens is 189 g/mol. The van der Waals surface area contributed by atoms with Gasteiger partial charge in [-0.2, -0.15) is 0 Å². The van der Waals surface area contributed by atoms with E-state index in [-0.39, 0.29) is 5.82 Å². The molecule has 1 N–H and O–H groups in total. The molecule has 1 rings (SSSR count). The molecule has 0 amide bonds. The molecule has 0 heterocycles. The van der Waals surface area contributed by atoms with Crippen LogP contribution in [0.1, 0.15) is 25.0 Å². The van der Waals surface area contributed by atoms with Gasteiger partial charge in [-0.15, -0.1) is 0 Å². The number of hydrogen-bond acceptors (Lipinski definition) is 1. The van der Waals surface area contributed by atoms with Gasteiger partial charge < -0.3 is 5.32 Å². The molecule has 0 bridgehead atoms. The topological polar surface area (TPSA) is 12.0 Å². The van der Waals surface area contributed by atoms with E-state index in [1.54, 1.807) is 6.07 Å². The first kappa shape index (κ1) is 11.9. The maximum absolute atomic E-state index is 12.8. The highest BCUT2D eigenvalue weighted by molar-refractivity contribution is 5.26. The molecule has 1 aromatic carbocycles. The Morgan fingerprint density at radius 1 is 1.40 bits per heavy atom. The number of benzene rings is 1. The van der Waals surface area contributed by atoms with Gasteiger partial charge in [0.15, 0.2) is 0 Å². The van der Waals surface area contributed by atoms with Crippen molar-refractivity contribution in [3.8, 4) is 0 Å². The Morgan fingerprint density at radius 3 is 2.73 bits per heavy atom. The minimum atomic E-state index is -0.166. The number of nitrogens with one attached hydrogen (secondary N) is 1. The van der Waals surface area contributed by atoms with Crippen LogP contribution in [0.5, 0.6) is 0 Å². The zero-order valence-corrected chi connectivity index (χ0v) is 9.60. The molecule has 0 aliphatic heterocycles. The summed E-state index contributed by atoms with van der Waals surface area (Å²) in [5.41, 5.74) is 3.46. The number of hydrogen-bond donors (Lipinski definition) is 1. The lowest BCUT2D eigenvalue weighted by atomic mass is 10.1. The second-order valence-electron chi connectivity index (χ2n) is 3.98. The fourth-order valence-electron chi connectivity index (χ4n) is 1.34. The highest BCUT2D eigenvalue weighted by Crippen LogP contribution is 2.09. The molecule has 0 aliphatic rings. The summed E-state index contributed by atoms with van der Waals surface area (Å²) in [6.07, 6.45) is 2.14. The minimum absolute atomic E-state index is 0.166. The van der Waals surface area contributed by atoms with Crippen molar-refractivity contribution in [3.05, 3.63) is 46.8 Å². The lowest BCUT2D eigenvalue weighted by Crippen LogP contribution is -2.14. The van der Waals surface area contributed by atoms with Crippen LogP contribution in [0.2, 0.25) is 0 Å². The molecular formula is C13H18FN. The minimum Gasteiger partial charge on any atom is -0.309 e. The summed E-state index contributed by atoms with van der Waals surface area (Å²) < 4.78 is 12.8. The average Bonchev–Trinajstić information content (AvgIpc) is 2.14. The standard InChI is InChI=1S/C13H18FN/c1-10(2)6-7-15-9-12-4-5-13(14)8-11(12)3/h4-6,8,15H,7,9H2,1-3H3. The van der Waals surface area contributed by atoms with Gasteiger partial charge in [-0.25, -0.2) is 4.39 Å². The Bertz CT molecular complexity index is 352. The monoisotopic (exact) mass is 207 g/mol. The Labute approximate surface area is 91.0 Å². The van der Waals surface area contributed by atoms with Crippen molar-refractivity contribution >= 4 is 0 Å². The van der Waals surface area contributed by atoms with E-state index in [1.165, 1.54) is 11.6 Å². The maximum Gasteiger partial charge on any atom is 0.123 e. The third kappa shape index (κ3) is 4.26. The van der Waals surface area contributed by atoms with Crippen molar-refractivity contribution in [2.24, 2.45) is 0 Å². The van der Waals surface area contributed by atoms with Crippen molar-refractivity contribution in [2.75, 3.05) is 6.54 Å². The van der Waals surface area contributed by atoms with Crippen LogP contribution in [0.15, 0.2) is 29.8 Å². The van der Waals surface area contributed by atoms with Crippen LogP contribution in [0, 0.1) is 12.7 Å². The van der Waals surface area contributed by atoms with E-state index in [2.05, 4.69) is 25.2 Å². The fraction of sp³-hybridized carbons (Fsp3) is 0.385. The van der Waals surface area contributed by atoms with E-state index in [0.717, 1.165) is 24.2 Å². The van der Waals surface area contributed by atoms with Gasteiger partial charge >= 0.3 is 0 Å². The Morgan fingerprint density at radius 2 is 2.13 bits per heavy atom. The summed E-state index contributed by atoms with van der Waals surface area (Å²) in [4.78, 5) is 0. The lowest BCUT2D eigenvalue weighted by Gasteiger charge is -2.06. The van der Waals surface area contributed by atoms with Crippen molar-refractivity contribution < 1.29 is 4.39 Å². The Balaban J connectivity index is 2.47. The van der Waals surface area contributed by atoms with Crippen molar-refractivity contribution in [2.45, 2.75) is 27.3 Å². The molecule has 0 aromatic heterocycles. The van der Waals surface area contributed by atoms with Gasteiger partial charge in [0.25, 0.3) is 0 Å². The predicted octanol–water partition coefficient (Wildman–Crippen LogP) is 3.19. The number of halogens is 1. The second kappa shape index (κ2) is 5.66. The SMILES string of the molecule is CC(C)=CCNCc1ccc(F)cc1C. The molecule has 1 aromatic rings. The zero-order chi connectivity index (χ0) is 11.3. The summed E-state index contributed by atoms with van der Waals surface area (Å²) in [5.74, 6) is -0.166. The van der Waals surface area contributed by atoms with Gasteiger partial charge in [-0.3, -0.25) is 0 Å². The average molecular weight is 207 g/mol. The second-order valence-corrected chi connectivity index (χ2v) is 3.98. The quantitative estimate of drug-likeness (QED) is 0.590. The van der Waals surface area contributed by atoms with Crippen molar-refractivity contribution in [1.82, 2.24) is 5.32 Å². The van der Waals surface area contributed by atoms with Crippen LogP contribution in [0.3, 0.4) is 0 Å². The molecule has 0 saturated carbocycles. The van der Waals surface area contributed by atoms with E-state index < -0.39 is 0 Å². The summed E-state index contributed by atoms with van der Waals surface area (Å²) in [7, 11) is 0. The third-order valence-corrected chi connectivity index (χ3v) is 2.27. The molecule has 0 aliphatic carbocycles. The molecule has 2 heteroatoms. The van der Waals surface area contributed by atoms with Crippen LogP contribution in [-0.2, 0) is 6.54 Å². The first-order chi connectivity index (χ1) is 7.09. The maximum atomic E-state index is 12.8. The summed E-state index contributed by atoms with van der Waals surface area (Å²) in [6, 6.07) is 4.91.